The van der Waals surface area contributed by atoms with E-state index in [2.05, 4.69) is 4.85 Å². The number of Topliss-reactive ketones (excluding diaryl/α,β-unsaturated/α-hetero) is 3. The summed E-state index contributed by atoms with van der Waals surface area (Å²) >= 11 is 5.92. The van der Waals surface area contributed by atoms with E-state index in [9.17, 15) is 19.5 Å². The van der Waals surface area contributed by atoms with Crippen molar-refractivity contribution in [3.05, 3.63) is 51.3 Å². The van der Waals surface area contributed by atoms with Crippen LogP contribution in [0.4, 0.5) is 0 Å². The van der Waals surface area contributed by atoms with E-state index in [0.29, 0.717) is 10.6 Å². The van der Waals surface area contributed by atoms with Crippen LogP contribution in [0.2, 0.25) is 5.02 Å². The van der Waals surface area contributed by atoms with Crippen LogP contribution >= 0.6 is 11.6 Å². The van der Waals surface area contributed by atoms with Gasteiger partial charge in [0.15, 0.2) is 5.78 Å². The summed E-state index contributed by atoms with van der Waals surface area (Å²) < 4.78 is 0. The van der Waals surface area contributed by atoms with E-state index in [1.54, 1.807) is 0 Å². The first kappa shape index (κ1) is 16.9. The number of fused-ring (bicyclic) bond motifs is 1. The maximum Gasteiger partial charge on any atom is 0.317 e. The fraction of sp³-hybridized carbons (Fsp3) is 0.294. The molecule has 0 radical (unpaired) electrons. The second-order valence-corrected chi connectivity index (χ2v) is 5.99. The summed E-state index contributed by atoms with van der Waals surface area (Å²) in [5, 5.41) is 10.7. The van der Waals surface area contributed by atoms with Gasteiger partial charge in [0.1, 0.15) is 17.1 Å². The monoisotopic (exact) mass is 331 g/mol. The number of carbonyl (C=O) groups is 3. The molecule has 1 aromatic rings. The molecule has 0 heterocycles. The molecule has 0 spiro atoms. The predicted molar refractivity (Wildman–Crippen MR) is 84.9 cm³/mol. The average molecular weight is 332 g/mol. The van der Waals surface area contributed by atoms with Crippen LogP contribution < -0.4 is 0 Å². The summed E-state index contributed by atoms with van der Waals surface area (Å²) in [6, 6.07) is 4.44. The molecule has 1 aliphatic carbocycles. The molecule has 5 nitrogen and oxygen atoms in total. The lowest BCUT2D eigenvalue weighted by molar-refractivity contribution is -0.125. The number of rotatable bonds is 4. The molecule has 2 rings (SSSR count). The maximum atomic E-state index is 12.7. The normalized spacial score (nSPS) is 20.0. The third kappa shape index (κ3) is 2.78. The zero-order valence-corrected chi connectivity index (χ0v) is 13.4. The minimum absolute atomic E-state index is 0.0277. The summed E-state index contributed by atoms with van der Waals surface area (Å²) in [5.74, 6) is -2.09. The van der Waals surface area contributed by atoms with Gasteiger partial charge in [0, 0.05) is 30.4 Å². The van der Waals surface area contributed by atoms with Crippen molar-refractivity contribution in [1.29, 1.82) is 0 Å². The Hall–Kier alpha value is -2.45. The highest BCUT2D eigenvalue weighted by atomic mass is 35.5. The van der Waals surface area contributed by atoms with Gasteiger partial charge in [0.25, 0.3) is 5.78 Å². The fourth-order valence-corrected chi connectivity index (χ4v) is 2.70. The van der Waals surface area contributed by atoms with Crippen LogP contribution in [0.3, 0.4) is 0 Å². The molecule has 6 heteroatoms. The number of aliphatic hydroxyl groups excluding tert-OH is 1. The van der Waals surface area contributed by atoms with E-state index in [0.717, 1.165) is 0 Å². The number of carbonyl (C=O) groups excluding carboxylic acids is 3. The van der Waals surface area contributed by atoms with Crippen LogP contribution in [-0.2, 0) is 19.9 Å². The Morgan fingerprint density at radius 1 is 1.35 bits per heavy atom. The molecule has 0 saturated heterocycles. The summed E-state index contributed by atoms with van der Waals surface area (Å²) in [7, 11) is 0. The van der Waals surface area contributed by atoms with Crippen molar-refractivity contribution < 1.29 is 19.5 Å². The maximum absolute atomic E-state index is 12.7. The van der Waals surface area contributed by atoms with Crippen molar-refractivity contribution in [1.82, 2.24) is 0 Å². The van der Waals surface area contributed by atoms with E-state index in [4.69, 9.17) is 18.2 Å². The zero-order valence-electron chi connectivity index (χ0n) is 12.6. The number of aliphatic hydroxyl groups is 1. The number of hydrogen-bond acceptors (Lipinski definition) is 4. The number of benzene rings is 1. The van der Waals surface area contributed by atoms with Crippen molar-refractivity contribution in [2.24, 2.45) is 0 Å². The minimum atomic E-state index is -1.60. The minimum Gasteiger partial charge on any atom is -0.506 e. The van der Waals surface area contributed by atoms with Gasteiger partial charge in [-0.2, -0.15) is 0 Å². The molecule has 118 valence electrons. The third-order valence-corrected chi connectivity index (χ3v) is 4.11. The summed E-state index contributed by atoms with van der Waals surface area (Å²) in [6.45, 7) is 10.1. The van der Waals surface area contributed by atoms with Gasteiger partial charge in [-0.05, 0) is 25.1 Å². The van der Waals surface area contributed by atoms with Crippen molar-refractivity contribution >= 4 is 34.7 Å². The second kappa shape index (κ2) is 5.98. The third-order valence-electron chi connectivity index (χ3n) is 3.87. The quantitative estimate of drug-likeness (QED) is 0.678. The zero-order chi connectivity index (χ0) is 17.4. The van der Waals surface area contributed by atoms with Gasteiger partial charge in [-0.1, -0.05) is 11.6 Å². The SMILES string of the molecule is [C-]#[N+][C@@]1(C)C(=O)C(C(=O)CCC(C)=O)=C(O)c2cc(Cl)ccc21. The number of hydrogen-bond donors (Lipinski definition) is 1. The Morgan fingerprint density at radius 3 is 2.57 bits per heavy atom. The first-order valence-corrected chi connectivity index (χ1v) is 7.30. The largest absolute Gasteiger partial charge is 0.506 e. The molecule has 0 unspecified atom stereocenters. The van der Waals surface area contributed by atoms with Gasteiger partial charge in [0.05, 0.1) is 5.56 Å². The first-order valence-electron chi connectivity index (χ1n) is 6.92. The Morgan fingerprint density at radius 2 is 2.00 bits per heavy atom. The van der Waals surface area contributed by atoms with Crippen LogP contribution in [0.5, 0.6) is 0 Å². The molecule has 1 aliphatic rings. The van der Waals surface area contributed by atoms with Crippen molar-refractivity contribution in [2.45, 2.75) is 32.2 Å². The standard InChI is InChI=1S/C17H14ClNO4/c1-9(20)4-7-13(21)14-15(22)11-8-10(18)5-6-12(11)17(2,19-3)16(14)23/h5-6,8,22H,4,7H2,1-2H3/t17-/m1/s1. The Bertz CT molecular complexity index is 803. The lowest BCUT2D eigenvalue weighted by Gasteiger charge is -2.26. The molecular weight excluding hydrogens is 318 g/mol. The Kier molecular flexibility index (Phi) is 4.39. The highest BCUT2D eigenvalue weighted by Crippen LogP contribution is 2.42. The van der Waals surface area contributed by atoms with Crippen LogP contribution in [0.1, 0.15) is 37.8 Å². The molecule has 1 aromatic carbocycles. The second-order valence-electron chi connectivity index (χ2n) is 5.55. The highest BCUT2D eigenvalue weighted by molar-refractivity contribution is 6.32. The smallest absolute Gasteiger partial charge is 0.317 e. The topological polar surface area (TPSA) is 75.8 Å². The van der Waals surface area contributed by atoms with Crippen LogP contribution in [-0.4, -0.2) is 22.5 Å². The van der Waals surface area contributed by atoms with E-state index in [1.807, 2.05) is 0 Å². The molecule has 0 aromatic heterocycles. The van der Waals surface area contributed by atoms with Gasteiger partial charge in [-0.15, -0.1) is 0 Å². The van der Waals surface area contributed by atoms with E-state index in [1.165, 1.54) is 32.0 Å². The van der Waals surface area contributed by atoms with Crippen molar-refractivity contribution in [3.63, 3.8) is 0 Å². The van der Waals surface area contributed by atoms with Gasteiger partial charge in [-0.25, -0.2) is 6.57 Å². The van der Waals surface area contributed by atoms with Crippen molar-refractivity contribution in [2.75, 3.05) is 0 Å². The summed E-state index contributed by atoms with van der Waals surface area (Å²) in [5.41, 5.74) is -1.53. The molecule has 0 aliphatic heterocycles. The van der Waals surface area contributed by atoms with Crippen LogP contribution in [0.25, 0.3) is 10.6 Å². The van der Waals surface area contributed by atoms with Crippen molar-refractivity contribution in [3.8, 4) is 0 Å². The van der Waals surface area contributed by atoms with Gasteiger partial charge < -0.3 is 9.90 Å². The molecule has 0 amide bonds. The average Bonchev–Trinajstić information content (AvgIpc) is 2.50. The predicted octanol–water partition coefficient (Wildman–Crippen LogP) is 3.26. The van der Waals surface area contributed by atoms with Crippen LogP contribution in [0, 0.1) is 6.57 Å². The molecule has 0 saturated carbocycles. The molecule has 1 N–H and O–H groups in total. The van der Waals surface area contributed by atoms with Gasteiger partial charge >= 0.3 is 5.54 Å². The number of halogens is 1. The molecule has 0 fully saturated rings. The first-order chi connectivity index (χ1) is 10.7. The lowest BCUT2D eigenvalue weighted by atomic mass is 9.75. The molecular formula is C17H14ClNO4. The van der Waals surface area contributed by atoms with E-state index >= 15 is 0 Å². The van der Waals surface area contributed by atoms with Gasteiger partial charge in [0.2, 0.25) is 0 Å². The molecule has 23 heavy (non-hydrogen) atoms. The number of ketones is 3. The number of nitrogens with zero attached hydrogens (tertiary/aromatic N) is 1. The molecule has 0 bridgehead atoms. The van der Waals surface area contributed by atoms with E-state index < -0.39 is 28.4 Å². The molecule has 1 atom stereocenters. The van der Waals surface area contributed by atoms with Crippen LogP contribution in [0.15, 0.2) is 23.8 Å². The lowest BCUT2D eigenvalue weighted by Crippen LogP contribution is -2.37. The van der Waals surface area contributed by atoms with Gasteiger partial charge in [-0.3, -0.25) is 14.4 Å². The highest BCUT2D eigenvalue weighted by Gasteiger charge is 2.51. The summed E-state index contributed by atoms with van der Waals surface area (Å²) in [6.07, 6.45) is -0.218. The fourth-order valence-electron chi connectivity index (χ4n) is 2.53. The Balaban J connectivity index is 2.64. The summed E-state index contributed by atoms with van der Waals surface area (Å²) in [4.78, 5) is 39.4. The van der Waals surface area contributed by atoms with E-state index in [-0.39, 0.29) is 24.2 Å². The Labute approximate surface area is 138 Å².